The smallest absolute Gasteiger partial charge is 0.233 e. The first-order valence-electron chi connectivity index (χ1n) is 6.48. The average molecular weight is 314 g/mol. The maximum Gasteiger partial charge on any atom is 0.233 e. The van der Waals surface area contributed by atoms with Crippen LogP contribution in [0.1, 0.15) is 31.2 Å². The molecule has 1 aliphatic carbocycles. The second-order valence-corrected chi connectivity index (χ2v) is 8.06. The summed E-state index contributed by atoms with van der Waals surface area (Å²) in [5.41, 5.74) is 0.0257. The van der Waals surface area contributed by atoms with Crippen LogP contribution in [0.5, 0.6) is 5.75 Å². The molecule has 0 atom stereocenters. The maximum atomic E-state index is 11.4. The van der Waals surface area contributed by atoms with E-state index in [1.54, 1.807) is 24.3 Å². The quantitative estimate of drug-likeness (QED) is 0.783. The van der Waals surface area contributed by atoms with Gasteiger partial charge >= 0.3 is 0 Å². The number of nitriles is 1. The molecule has 0 amide bonds. The lowest BCUT2D eigenvalue weighted by Crippen LogP contribution is -2.32. The molecule has 4 nitrogen and oxygen atoms in total. The Hall–Kier alpha value is -1.25. The highest BCUT2D eigenvalue weighted by atomic mass is 35.7. The van der Waals surface area contributed by atoms with Crippen molar-refractivity contribution in [1.82, 2.24) is 0 Å². The first kappa shape index (κ1) is 15.1. The SMILES string of the molecule is N#Cc1ccccc1OCC1(CS(=O)(=O)Cl)CCCC1. The van der Waals surface area contributed by atoms with Crippen LogP contribution in [0.15, 0.2) is 24.3 Å². The van der Waals surface area contributed by atoms with Gasteiger partial charge in [-0.05, 0) is 25.0 Å². The third-order valence-electron chi connectivity index (χ3n) is 3.68. The summed E-state index contributed by atoms with van der Waals surface area (Å²) in [6.07, 6.45) is 3.53. The lowest BCUT2D eigenvalue weighted by atomic mass is 9.90. The molecule has 0 unspecified atom stereocenters. The fraction of sp³-hybridized carbons (Fsp3) is 0.500. The van der Waals surface area contributed by atoms with E-state index >= 15 is 0 Å². The summed E-state index contributed by atoms with van der Waals surface area (Å²) < 4.78 is 28.5. The number of para-hydroxylation sites is 1. The van der Waals surface area contributed by atoms with E-state index < -0.39 is 14.5 Å². The number of nitrogens with zero attached hydrogens (tertiary/aromatic N) is 1. The van der Waals surface area contributed by atoms with E-state index in [0.29, 0.717) is 11.3 Å². The monoisotopic (exact) mass is 313 g/mol. The molecule has 2 rings (SSSR count). The Balaban J connectivity index is 2.12. The van der Waals surface area contributed by atoms with E-state index in [9.17, 15) is 8.42 Å². The average Bonchev–Trinajstić information content (AvgIpc) is 2.83. The molecule has 1 saturated carbocycles. The van der Waals surface area contributed by atoms with Gasteiger partial charge in [0.1, 0.15) is 11.8 Å². The topological polar surface area (TPSA) is 67.2 Å². The van der Waals surface area contributed by atoms with Crippen molar-refractivity contribution in [2.24, 2.45) is 5.41 Å². The molecule has 1 aromatic carbocycles. The number of hydrogen-bond acceptors (Lipinski definition) is 4. The molecular formula is C14H16ClNO3S. The number of benzene rings is 1. The van der Waals surface area contributed by atoms with Crippen molar-refractivity contribution in [3.8, 4) is 11.8 Å². The van der Waals surface area contributed by atoms with Gasteiger partial charge in [0.15, 0.2) is 0 Å². The van der Waals surface area contributed by atoms with Crippen molar-refractivity contribution in [3.05, 3.63) is 29.8 Å². The van der Waals surface area contributed by atoms with Gasteiger partial charge in [0, 0.05) is 16.1 Å². The zero-order valence-electron chi connectivity index (χ0n) is 11.0. The summed E-state index contributed by atoms with van der Waals surface area (Å²) in [7, 11) is 1.85. The fourth-order valence-corrected chi connectivity index (χ4v) is 4.53. The second-order valence-electron chi connectivity index (χ2n) is 5.29. The minimum absolute atomic E-state index is 0.0731. The van der Waals surface area contributed by atoms with Crippen LogP contribution >= 0.6 is 10.7 Å². The fourth-order valence-electron chi connectivity index (χ4n) is 2.74. The number of hydrogen-bond donors (Lipinski definition) is 0. The van der Waals surface area contributed by atoms with Crippen molar-refractivity contribution in [3.63, 3.8) is 0 Å². The largest absolute Gasteiger partial charge is 0.492 e. The molecule has 0 bridgehead atoms. The highest BCUT2D eigenvalue weighted by molar-refractivity contribution is 8.13. The molecule has 0 radical (unpaired) electrons. The third kappa shape index (κ3) is 3.87. The summed E-state index contributed by atoms with van der Waals surface area (Å²) >= 11 is 0. The number of rotatable bonds is 5. The second kappa shape index (κ2) is 6.02. The van der Waals surface area contributed by atoms with Crippen LogP contribution in [-0.2, 0) is 9.05 Å². The molecule has 108 valence electrons. The lowest BCUT2D eigenvalue weighted by Gasteiger charge is -2.27. The van der Waals surface area contributed by atoms with Gasteiger partial charge in [0.2, 0.25) is 9.05 Å². The third-order valence-corrected chi connectivity index (χ3v) is 4.97. The van der Waals surface area contributed by atoms with Crippen LogP contribution in [0.4, 0.5) is 0 Å². The zero-order chi connectivity index (χ0) is 14.6. The Bertz CT molecular complexity index is 616. The summed E-state index contributed by atoms with van der Waals surface area (Å²) in [5, 5.41) is 9.01. The zero-order valence-corrected chi connectivity index (χ0v) is 12.6. The van der Waals surface area contributed by atoms with Crippen LogP contribution in [0.25, 0.3) is 0 Å². The Kier molecular flexibility index (Phi) is 4.56. The summed E-state index contributed by atoms with van der Waals surface area (Å²) in [6, 6.07) is 9.01. The van der Waals surface area contributed by atoms with Crippen LogP contribution < -0.4 is 4.74 Å². The molecule has 0 aliphatic heterocycles. The van der Waals surface area contributed by atoms with Gasteiger partial charge in [-0.25, -0.2) is 8.42 Å². The molecule has 0 N–H and O–H groups in total. The van der Waals surface area contributed by atoms with E-state index in [4.69, 9.17) is 20.7 Å². The minimum Gasteiger partial charge on any atom is -0.492 e. The Morgan fingerprint density at radius 3 is 2.55 bits per heavy atom. The molecule has 6 heteroatoms. The van der Waals surface area contributed by atoms with Crippen molar-refractivity contribution in [2.45, 2.75) is 25.7 Å². The van der Waals surface area contributed by atoms with Crippen LogP contribution in [0, 0.1) is 16.7 Å². The van der Waals surface area contributed by atoms with E-state index in [1.807, 2.05) is 0 Å². The molecule has 1 fully saturated rings. The van der Waals surface area contributed by atoms with Crippen molar-refractivity contribution in [2.75, 3.05) is 12.4 Å². The minimum atomic E-state index is -3.56. The standard InChI is InChI=1S/C14H16ClNO3S/c15-20(17,18)11-14(7-3-4-8-14)10-19-13-6-2-1-5-12(13)9-16/h1-2,5-6H,3-4,7-8,10-11H2. The van der Waals surface area contributed by atoms with E-state index in [2.05, 4.69) is 6.07 Å². The number of halogens is 1. The van der Waals surface area contributed by atoms with Gasteiger partial charge in [-0.15, -0.1) is 0 Å². The molecule has 1 aliphatic rings. The van der Waals surface area contributed by atoms with Crippen molar-refractivity contribution >= 4 is 19.7 Å². The van der Waals surface area contributed by atoms with Gasteiger partial charge in [-0.2, -0.15) is 5.26 Å². The van der Waals surface area contributed by atoms with E-state index in [1.165, 1.54) is 0 Å². The first-order valence-corrected chi connectivity index (χ1v) is 8.96. The molecule has 0 spiro atoms. The highest BCUT2D eigenvalue weighted by Crippen LogP contribution is 2.40. The predicted octanol–water partition coefficient (Wildman–Crippen LogP) is 3.07. The molecule has 0 aromatic heterocycles. The number of ether oxygens (including phenoxy) is 1. The van der Waals surface area contributed by atoms with Gasteiger partial charge in [0.25, 0.3) is 0 Å². The lowest BCUT2D eigenvalue weighted by molar-refractivity contribution is 0.170. The van der Waals surface area contributed by atoms with Crippen LogP contribution in [-0.4, -0.2) is 20.8 Å². The summed E-state index contributed by atoms with van der Waals surface area (Å²) in [5.74, 6) is 0.421. The van der Waals surface area contributed by atoms with Gasteiger partial charge in [-0.1, -0.05) is 25.0 Å². The molecule has 1 aromatic rings. The predicted molar refractivity (Wildman–Crippen MR) is 77.2 cm³/mol. The van der Waals surface area contributed by atoms with E-state index in [0.717, 1.165) is 25.7 Å². The Morgan fingerprint density at radius 2 is 1.95 bits per heavy atom. The Morgan fingerprint density at radius 1 is 1.30 bits per heavy atom. The Labute approximate surface area is 123 Å². The highest BCUT2D eigenvalue weighted by Gasteiger charge is 2.38. The van der Waals surface area contributed by atoms with Gasteiger partial charge in [0.05, 0.1) is 17.9 Å². The van der Waals surface area contributed by atoms with Crippen molar-refractivity contribution in [1.29, 1.82) is 5.26 Å². The van der Waals surface area contributed by atoms with Gasteiger partial charge in [-0.3, -0.25) is 0 Å². The first-order chi connectivity index (χ1) is 9.44. The summed E-state index contributed by atoms with van der Waals surface area (Å²) in [4.78, 5) is 0. The maximum absolute atomic E-state index is 11.4. The molecular weight excluding hydrogens is 298 g/mol. The van der Waals surface area contributed by atoms with E-state index in [-0.39, 0.29) is 12.4 Å². The van der Waals surface area contributed by atoms with Crippen molar-refractivity contribution < 1.29 is 13.2 Å². The normalized spacial score (nSPS) is 17.6. The summed E-state index contributed by atoms with van der Waals surface area (Å²) in [6.45, 7) is 0.275. The molecule has 0 heterocycles. The molecule has 0 saturated heterocycles. The van der Waals surface area contributed by atoms with Crippen LogP contribution in [0.2, 0.25) is 0 Å². The van der Waals surface area contributed by atoms with Crippen LogP contribution in [0.3, 0.4) is 0 Å². The molecule has 20 heavy (non-hydrogen) atoms. The van der Waals surface area contributed by atoms with Gasteiger partial charge < -0.3 is 4.74 Å².